The summed E-state index contributed by atoms with van der Waals surface area (Å²) in [4.78, 5) is 23.3. The van der Waals surface area contributed by atoms with E-state index in [-0.39, 0.29) is 23.5 Å². The Kier molecular flexibility index (Phi) is 7.07. The zero-order valence-electron chi connectivity index (χ0n) is 17.3. The minimum absolute atomic E-state index is 0.0104. The highest BCUT2D eigenvalue weighted by Gasteiger charge is 2.31. The average Bonchev–Trinajstić information content (AvgIpc) is 2.78. The van der Waals surface area contributed by atoms with E-state index in [1.807, 2.05) is 0 Å². The van der Waals surface area contributed by atoms with Gasteiger partial charge in [0.1, 0.15) is 17.2 Å². The molecule has 0 aliphatic carbocycles. The van der Waals surface area contributed by atoms with Gasteiger partial charge in [0.2, 0.25) is 0 Å². The van der Waals surface area contributed by atoms with E-state index in [9.17, 15) is 22.8 Å². The molecule has 7 nitrogen and oxygen atoms in total. The highest BCUT2D eigenvalue weighted by molar-refractivity contribution is 5.91. The van der Waals surface area contributed by atoms with Crippen molar-refractivity contribution in [3.63, 3.8) is 0 Å². The van der Waals surface area contributed by atoms with Gasteiger partial charge in [-0.1, -0.05) is 18.2 Å². The molecule has 0 unspecified atom stereocenters. The third-order valence-electron chi connectivity index (χ3n) is 4.52. The summed E-state index contributed by atoms with van der Waals surface area (Å²) in [5.74, 6) is -0.176. The van der Waals surface area contributed by atoms with Crippen LogP contribution >= 0.6 is 0 Å². The minimum Gasteiger partial charge on any atom is -0.495 e. The minimum atomic E-state index is -4.57. The van der Waals surface area contributed by atoms with Crippen molar-refractivity contribution in [3.8, 4) is 17.2 Å². The van der Waals surface area contributed by atoms with E-state index in [1.54, 1.807) is 24.3 Å². The first-order chi connectivity index (χ1) is 15.7. The number of carbonyl (C=O) groups excluding carboxylic acids is 1. The topological polar surface area (TPSA) is 96.9 Å². The SMILES string of the molecule is COc1ccc(C(F)(F)F)cc1NC(=O)NCc1ccccc1Oc1ccc(C(=O)O)cc1. The van der Waals surface area contributed by atoms with Crippen LogP contribution in [0.2, 0.25) is 0 Å². The number of urea groups is 1. The fourth-order valence-electron chi connectivity index (χ4n) is 2.87. The number of aromatic carboxylic acids is 1. The molecule has 0 bridgehead atoms. The summed E-state index contributed by atoms with van der Waals surface area (Å²) >= 11 is 0. The van der Waals surface area contributed by atoms with E-state index in [2.05, 4.69) is 10.6 Å². The summed E-state index contributed by atoms with van der Waals surface area (Å²) < 4.78 is 49.7. The van der Waals surface area contributed by atoms with Gasteiger partial charge in [-0.15, -0.1) is 0 Å². The lowest BCUT2D eigenvalue weighted by Gasteiger charge is -2.15. The Morgan fingerprint density at radius 2 is 1.67 bits per heavy atom. The van der Waals surface area contributed by atoms with Gasteiger partial charge in [-0.05, 0) is 48.5 Å². The summed E-state index contributed by atoms with van der Waals surface area (Å²) in [6.07, 6.45) is -4.57. The van der Waals surface area contributed by atoms with Gasteiger partial charge in [0.05, 0.1) is 23.9 Å². The molecular weight excluding hydrogens is 441 g/mol. The molecule has 10 heteroatoms. The van der Waals surface area contributed by atoms with Crippen molar-refractivity contribution in [1.82, 2.24) is 5.32 Å². The smallest absolute Gasteiger partial charge is 0.416 e. The Balaban J connectivity index is 1.68. The third-order valence-corrected chi connectivity index (χ3v) is 4.52. The maximum Gasteiger partial charge on any atom is 0.416 e. The molecule has 172 valence electrons. The van der Waals surface area contributed by atoms with Gasteiger partial charge in [-0.25, -0.2) is 9.59 Å². The lowest BCUT2D eigenvalue weighted by atomic mass is 10.1. The van der Waals surface area contributed by atoms with Gasteiger partial charge in [0.15, 0.2) is 0 Å². The largest absolute Gasteiger partial charge is 0.495 e. The Labute approximate surface area is 186 Å². The van der Waals surface area contributed by atoms with E-state index in [0.717, 1.165) is 18.2 Å². The molecule has 33 heavy (non-hydrogen) atoms. The van der Waals surface area contributed by atoms with Gasteiger partial charge in [-0.3, -0.25) is 0 Å². The third kappa shape index (κ3) is 6.16. The Bertz CT molecular complexity index is 1150. The van der Waals surface area contributed by atoms with Crippen LogP contribution in [0.5, 0.6) is 17.2 Å². The number of para-hydroxylation sites is 1. The number of halogens is 3. The first-order valence-corrected chi connectivity index (χ1v) is 9.56. The monoisotopic (exact) mass is 460 g/mol. The number of anilines is 1. The summed E-state index contributed by atoms with van der Waals surface area (Å²) in [5.41, 5.74) is -0.357. The average molecular weight is 460 g/mol. The number of methoxy groups -OCH3 is 1. The van der Waals surface area contributed by atoms with Crippen molar-refractivity contribution in [2.75, 3.05) is 12.4 Å². The van der Waals surface area contributed by atoms with Crippen LogP contribution in [0.3, 0.4) is 0 Å². The number of amides is 2. The van der Waals surface area contributed by atoms with E-state index in [1.165, 1.54) is 31.4 Å². The van der Waals surface area contributed by atoms with Crippen LogP contribution < -0.4 is 20.1 Å². The molecule has 3 aromatic rings. The maximum absolute atomic E-state index is 13.0. The summed E-state index contributed by atoms with van der Waals surface area (Å²) in [6, 6.07) is 14.6. The number of hydrogen-bond acceptors (Lipinski definition) is 4. The molecule has 0 radical (unpaired) electrons. The molecule has 0 saturated heterocycles. The number of carboxylic acid groups (broad SMARTS) is 1. The Morgan fingerprint density at radius 1 is 0.970 bits per heavy atom. The van der Waals surface area contributed by atoms with Crippen LogP contribution in [0.15, 0.2) is 66.7 Å². The van der Waals surface area contributed by atoms with Crippen LogP contribution in [0, 0.1) is 0 Å². The lowest BCUT2D eigenvalue weighted by molar-refractivity contribution is -0.137. The molecule has 3 N–H and O–H groups in total. The van der Waals surface area contributed by atoms with E-state index < -0.39 is 23.7 Å². The van der Waals surface area contributed by atoms with Crippen LogP contribution in [-0.2, 0) is 12.7 Å². The second-order valence-electron chi connectivity index (χ2n) is 6.76. The molecule has 3 rings (SSSR count). The predicted octanol–water partition coefficient (Wildman–Crippen LogP) is 5.53. The second kappa shape index (κ2) is 9.94. The zero-order valence-corrected chi connectivity index (χ0v) is 17.3. The highest BCUT2D eigenvalue weighted by atomic mass is 19.4. The van der Waals surface area contributed by atoms with Gasteiger partial charge in [0, 0.05) is 12.1 Å². The predicted molar refractivity (Wildman–Crippen MR) is 114 cm³/mol. The van der Waals surface area contributed by atoms with Crippen LogP contribution in [0.4, 0.5) is 23.7 Å². The Hall–Kier alpha value is -4.21. The van der Waals surface area contributed by atoms with Gasteiger partial charge in [0.25, 0.3) is 0 Å². The number of carbonyl (C=O) groups is 2. The normalized spacial score (nSPS) is 10.9. The van der Waals surface area contributed by atoms with E-state index >= 15 is 0 Å². The Morgan fingerprint density at radius 3 is 2.30 bits per heavy atom. The quantitative estimate of drug-likeness (QED) is 0.431. The van der Waals surface area contributed by atoms with Crippen molar-refractivity contribution in [1.29, 1.82) is 0 Å². The molecule has 0 fully saturated rings. The van der Waals surface area contributed by atoms with Crippen LogP contribution in [0.25, 0.3) is 0 Å². The van der Waals surface area contributed by atoms with Crippen molar-refractivity contribution in [2.24, 2.45) is 0 Å². The molecule has 0 spiro atoms. The number of ether oxygens (including phenoxy) is 2. The first-order valence-electron chi connectivity index (χ1n) is 9.56. The molecule has 0 aromatic heterocycles. The van der Waals surface area contributed by atoms with Crippen LogP contribution in [0.1, 0.15) is 21.5 Å². The highest BCUT2D eigenvalue weighted by Crippen LogP contribution is 2.35. The number of nitrogens with one attached hydrogen (secondary N) is 2. The lowest BCUT2D eigenvalue weighted by Crippen LogP contribution is -2.28. The molecule has 2 amide bonds. The number of benzene rings is 3. The number of rotatable bonds is 7. The zero-order chi connectivity index (χ0) is 24.0. The fraction of sp³-hybridized carbons (Fsp3) is 0.130. The second-order valence-corrected chi connectivity index (χ2v) is 6.76. The van der Waals surface area contributed by atoms with E-state index in [4.69, 9.17) is 14.6 Å². The summed E-state index contributed by atoms with van der Waals surface area (Å²) in [7, 11) is 1.28. The molecule has 3 aromatic carbocycles. The number of alkyl halides is 3. The van der Waals surface area contributed by atoms with Gasteiger partial charge >= 0.3 is 18.2 Å². The maximum atomic E-state index is 13.0. The van der Waals surface area contributed by atoms with Crippen molar-refractivity contribution >= 4 is 17.7 Å². The number of hydrogen-bond donors (Lipinski definition) is 3. The fourth-order valence-corrected chi connectivity index (χ4v) is 2.87. The van der Waals surface area contributed by atoms with Crippen molar-refractivity contribution in [2.45, 2.75) is 12.7 Å². The number of carboxylic acids is 1. The molecule has 0 aliphatic heterocycles. The molecule has 0 heterocycles. The van der Waals surface area contributed by atoms with Crippen molar-refractivity contribution < 1.29 is 37.3 Å². The summed E-state index contributed by atoms with van der Waals surface area (Å²) in [6.45, 7) is 0.0104. The molecule has 0 atom stereocenters. The summed E-state index contributed by atoms with van der Waals surface area (Å²) in [5, 5.41) is 13.9. The van der Waals surface area contributed by atoms with Gasteiger partial charge in [-0.2, -0.15) is 13.2 Å². The van der Waals surface area contributed by atoms with Gasteiger partial charge < -0.3 is 25.2 Å². The molecule has 0 saturated carbocycles. The van der Waals surface area contributed by atoms with Crippen LogP contribution in [-0.4, -0.2) is 24.2 Å². The van der Waals surface area contributed by atoms with Crippen molar-refractivity contribution in [3.05, 3.63) is 83.4 Å². The molecule has 0 aliphatic rings. The van der Waals surface area contributed by atoms with E-state index in [0.29, 0.717) is 17.1 Å². The molecular formula is C23H19F3N2O5. The standard InChI is InChI=1S/C23H19F3N2O5/c1-32-20-11-8-16(23(24,25)26)12-18(20)28-22(31)27-13-15-4-2-3-5-19(15)33-17-9-6-14(7-10-17)21(29)30/h2-12H,13H2,1H3,(H,29,30)(H2,27,28,31). The first kappa shape index (κ1) is 23.5.